The molecule has 0 radical (unpaired) electrons. The second-order valence-electron chi connectivity index (χ2n) is 7.78. The Bertz CT molecular complexity index is 1560. The lowest BCUT2D eigenvalue weighted by molar-refractivity contribution is 0.0530. The number of fused-ring (bicyclic) bond motifs is 2. The third kappa shape index (κ3) is 4.34. The summed E-state index contributed by atoms with van der Waals surface area (Å²) in [6, 6.07) is 24.3. The van der Waals surface area contributed by atoms with Gasteiger partial charge in [-0.15, -0.1) is 11.3 Å². The zero-order chi connectivity index (χ0) is 24.4. The predicted octanol–water partition coefficient (Wildman–Crippen LogP) is 6.55. The Hall–Kier alpha value is -4.23. The molecule has 0 aliphatic heterocycles. The van der Waals surface area contributed by atoms with Crippen molar-refractivity contribution in [3.8, 4) is 17.0 Å². The molecule has 0 fully saturated rings. The van der Waals surface area contributed by atoms with Crippen LogP contribution in [-0.4, -0.2) is 30.6 Å². The lowest BCUT2D eigenvalue weighted by Crippen LogP contribution is -2.15. The Kier molecular flexibility index (Phi) is 6.16. The average Bonchev–Trinajstić information content (AvgIpc) is 3.26. The quantitative estimate of drug-likeness (QED) is 0.278. The molecule has 0 bridgehead atoms. The summed E-state index contributed by atoms with van der Waals surface area (Å²) in [6.07, 6.45) is 0. The number of hydrogen-bond acceptors (Lipinski definition) is 6. The third-order valence-corrected chi connectivity index (χ3v) is 6.73. The number of hydrogen-bond donors (Lipinski definition) is 1. The molecule has 1 N–H and O–H groups in total. The second-order valence-corrected chi connectivity index (χ2v) is 8.83. The number of para-hydroxylation sites is 1. The minimum atomic E-state index is -0.459. The molecule has 0 atom stereocenters. The topological polar surface area (TPSA) is 77.5 Å². The highest BCUT2D eigenvalue weighted by Crippen LogP contribution is 2.37. The van der Waals surface area contributed by atoms with E-state index in [9.17, 15) is 9.59 Å². The van der Waals surface area contributed by atoms with Gasteiger partial charge in [-0.3, -0.25) is 4.79 Å². The fourth-order valence-electron chi connectivity index (χ4n) is 3.98. The molecule has 6 nitrogen and oxygen atoms in total. The van der Waals surface area contributed by atoms with Crippen molar-refractivity contribution in [3.05, 3.63) is 90.0 Å². The summed E-state index contributed by atoms with van der Waals surface area (Å²) in [5.74, 6) is -0.0435. The smallest absolute Gasteiger partial charge is 0.341 e. The van der Waals surface area contributed by atoms with Crippen molar-refractivity contribution in [2.24, 2.45) is 0 Å². The number of aromatic nitrogens is 1. The van der Waals surface area contributed by atoms with Crippen LogP contribution in [0.25, 0.3) is 32.2 Å². The van der Waals surface area contributed by atoms with E-state index in [-0.39, 0.29) is 12.5 Å². The summed E-state index contributed by atoms with van der Waals surface area (Å²) in [4.78, 5) is 31.2. The van der Waals surface area contributed by atoms with E-state index in [1.807, 2.05) is 72.8 Å². The zero-order valence-corrected chi connectivity index (χ0v) is 20.0. The molecule has 0 aliphatic carbocycles. The van der Waals surface area contributed by atoms with E-state index in [0.29, 0.717) is 27.3 Å². The van der Waals surface area contributed by atoms with Gasteiger partial charge in [-0.2, -0.15) is 0 Å². The van der Waals surface area contributed by atoms with Gasteiger partial charge < -0.3 is 14.8 Å². The van der Waals surface area contributed by atoms with Gasteiger partial charge in [-0.1, -0.05) is 36.4 Å². The molecule has 0 saturated carbocycles. The van der Waals surface area contributed by atoms with Crippen molar-refractivity contribution in [1.29, 1.82) is 0 Å². The highest BCUT2D eigenvalue weighted by Gasteiger charge is 2.23. The number of pyridine rings is 1. The Morgan fingerprint density at radius 2 is 1.66 bits per heavy atom. The first-order valence-corrected chi connectivity index (χ1v) is 11.9. The number of nitrogens with one attached hydrogen (secondary N) is 1. The van der Waals surface area contributed by atoms with Crippen LogP contribution in [0.5, 0.6) is 5.75 Å². The molecule has 5 rings (SSSR count). The number of anilines is 1. The van der Waals surface area contributed by atoms with Crippen LogP contribution < -0.4 is 10.1 Å². The number of rotatable bonds is 6. The van der Waals surface area contributed by atoms with Crippen LogP contribution in [0.15, 0.2) is 78.9 Å². The van der Waals surface area contributed by atoms with Crippen LogP contribution in [0.1, 0.15) is 27.6 Å². The number of methoxy groups -OCH3 is 1. The number of benzene rings is 3. The van der Waals surface area contributed by atoms with Gasteiger partial charge in [-0.05, 0) is 49.4 Å². The Morgan fingerprint density at radius 1 is 0.943 bits per heavy atom. The van der Waals surface area contributed by atoms with Crippen LogP contribution in [0.4, 0.5) is 5.00 Å². The van der Waals surface area contributed by atoms with Crippen molar-refractivity contribution in [2.45, 2.75) is 6.92 Å². The van der Waals surface area contributed by atoms with Gasteiger partial charge in [0.2, 0.25) is 0 Å². The van der Waals surface area contributed by atoms with E-state index in [0.717, 1.165) is 26.8 Å². The first kappa shape index (κ1) is 22.6. The third-order valence-electron chi connectivity index (χ3n) is 5.65. The molecule has 7 heteroatoms. The number of carbonyl (C=O) groups is 2. The van der Waals surface area contributed by atoms with Crippen LogP contribution in [0.3, 0.4) is 0 Å². The molecule has 0 spiro atoms. The molecule has 2 aromatic heterocycles. The maximum atomic E-state index is 13.6. The number of nitrogens with zero attached hydrogens (tertiary/aromatic N) is 1. The maximum absolute atomic E-state index is 13.6. The van der Waals surface area contributed by atoms with Crippen LogP contribution in [0, 0.1) is 0 Å². The minimum Gasteiger partial charge on any atom is -0.497 e. The van der Waals surface area contributed by atoms with E-state index >= 15 is 0 Å². The highest BCUT2D eigenvalue weighted by molar-refractivity contribution is 7.23. The van der Waals surface area contributed by atoms with Crippen LogP contribution in [0.2, 0.25) is 0 Å². The Morgan fingerprint density at radius 3 is 2.40 bits per heavy atom. The molecule has 174 valence electrons. The fraction of sp³-hybridized carbons (Fsp3) is 0.107. The number of thiophene rings is 1. The van der Waals surface area contributed by atoms with E-state index in [4.69, 9.17) is 14.5 Å². The number of amides is 1. The monoisotopic (exact) mass is 482 g/mol. The van der Waals surface area contributed by atoms with Crippen LogP contribution >= 0.6 is 11.3 Å². The van der Waals surface area contributed by atoms with E-state index in [1.165, 1.54) is 11.3 Å². The first-order chi connectivity index (χ1) is 17.1. The van der Waals surface area contributed by atoms with Gasteiger partial charge in [-0.25, -0.2) is 9.78 Å². The summed E-state index contributed by atoms with van der Waals surface area (Å²) in [7, 11) is 1.62. The summed E-state index contributed by atoms with van der Waals surface area (Å²) >= 11 is 1.35. The van der Waals surface area contributed by atoms with Gasteiger partial charge in [0.1, 0.15) is 16.3 Å². The molecule has 1 amide bonds. The van der Waals surface area contributed by atoms with Gasteiger partial charge in [0, 0.05) is 21.0 Å². The lowest BCUT2D eigenvalue weighted by atomic mass is 10.0. The molecule has 2 heterocycles. The van der Waals surface area contributed by atoms with Crippen molar-refractivity contribution in [1.82, 2.24) is 4.98 Å². The van der Waals surface area contributed by atoms with Gasteiger partial charge in [0.15, 0.2) is 0 Å². The van der Waals surface area contributed by atoms with E-state index in [1.54, 1.807) is 20.1 Å². The normalized spacial score (nSPS) is 10.9. The summed E-state index contributed by atoms with van der Waals surface area (Å²) < 4.78 is 11.4. The van der Waals surface area contributed by atoms with E-state index in [2.05, 4.69) is 5.32 Å². The second kappa shape index (κ2) is 9.56. The molecule has 3 aromatic carbocycles. The number of esters is 1. The summed E-state index contributed by atoms with van der Waals surface area (Å²) in [5, 5.41) is 4.91. The van der Waals surface area contributed by atoms with Gasteiger partial charge >= 0.3 is 5.97 Å². The highest BCUT2D eigenvalue weighted by atomic mass is 32.1. The fourth-order valence-corrected chi connectivity index (χ4v) is 5.07. The van der Waals surface area contributed by atoms with Gasteiger partial charge in [0.25, 0.3) is 5.91 Å². The van der Waals surface area contributed by atoms with Crippen molar-refractivity contribution in [3.63, 3.8) is 0 Å². The van der Waals surface area contributed by atoms with Gasteiger partial charge in [0.05, 0.1) is 30.5 Å². The first-order valence-electron chi connectivity index (χ1n) is 11.1. The minimum absolute atomic E-state index is 0.247. The molecule has 0 aliphatic rings. The SMILES string of the molecule is CCOC(=O)c1c(NC(=O)c2cc(-c3ccc(OC)cc3)nc3ccccc23)sc2ccccc12. The Labute approximate surface area is 206 Å². The summed E-state index contributed by atoms with van der Waals surface area (Å²) in [5.41, 5.74) is 3.06. The Balaban J connectivity index is 1.59. The number of carbonyl (C=O) groups excluding carboxylic acids is 2. The average molecular weight is 483 g/mol. The van der Waals surface area contributed by atoms with E-state index < -0.39 is 5.97 Å². The van der Waals surface area contributed by atoms with Crippen molar-refractivity contribution in [2.75, 3.05) is 19.0 Å². The standard InChI is InChI=1S/C28H22N2O4S/c1-3-34-28(32)25-20-9-5-7-11-24(20)35-27(25)30-26(31)21-16-23(17-12-14-18(33-2)15-13-17)29-22-10-6-4-8-19(21)22/h4-16H,3H2,1-2H3,(H,30,31). The molecule has 5 aromatic rings. The number of ether oxygens (including phenoxy) is 2. The predicted molar refractivity (Wildman–Crippen MR) is 139 cm³/mol. The molecular formula is C28H22N2O4S. The summed E-state index contributed by atoms with van der Waals surface area (Å²) in [6.45, 7) is 2.01. The van der Waals surface area contributed by atoms with Crippen molar-refractivity contribution < 1.29 is 19.1 Å². The molecule has 0 unspecified atom stereocenters. The van der Waals surface area contributed by atoms with Crippen LogP contribution in [-0.2, 0) is 4.74 Å². The lowest BCUT2D eigenvalue weighted by Gasteiger charge is -2.11. The van der Waals surface area contributed by atoms with Crippen molar-refractivity contribution >= 4 is 49.2 Å². The molecule has 0 saturated heterocycles. The largest absolute Gasteiger partial charge is 0.497 e. The zero-order valence-electron chi connectivity index (χ0n) is 19.2. The molecule has 35 heavy (non-hydrogen) atoms. The maximum Gasteiger partial charge on any atom is 0.341 e. The molecular weight excluding hydrogens is 460 g/mol.